The minimum Gasteiger partial charge on any atom is -0.444 e. The van der Waals surface area contributed by atoms with Crippen molar-refractivity contribution < 1.29 is 18.7 Å². The van der Waals surface area contributed by atoms with Gasteiger partial charge in [-0.15, -0.1) is 0 Å². The number of piperazine rings is 1. The minimum atomic E-state index is -0.596. The van der Waals surface area contributed by atoms with Gasteiger partial charge in [-0.2, -0.15) is 0 Å². The predicted molar refractivity (Wildman–Crippen MR) is 169 cm³/mol. The van der Waals surface area contributed by atoms with Crippen molar-refractivity contribution in [2.24, 2.45) is 4.99 Å². The van der Waals surface area contributed by atoms with Crippen molar-refractivity contribution in [1.82, 2.24) is 19.7 Å². The molecule has 5 rings (SSSR count). The minimum absolute atomic E-state index is 0.00327. The molecular weight excluding hydrogens is 559 g/mol. The van der Waals surface area contributed by atoms with E-state index in [4.69, 9.17) is 9.73 Å². The molecule has 234 valence electrons. The molecule has 0 saturated carbocycles. The van der Waals surface area contributed by atoms with Crippen LogP contribution in [0.4, 0.5) is 14.9 Å². The maximum Gasteiger partial charge on any atom is 0.410 e. The molecule has 10 heteroatoms. The van der Waals surface area contributed by atoms with Gasteiger partial charge in [0.05, 0.1) is 5.69 Å². The fraction of sp³-hybridized carbons (Fsp3) is 0.500. The van der Waals surface area contributed by atoms with E-state index in [1.807, 2.05) is 72.6 Å². The van der Waals surface area contributed by atoms with Gasteiger partial charge < -0.3 is 14.5 Å². The number of carbonyl (C=O) groups is 1. The maximum absolute atomic E-state index is 15.7. The van der Waals surface area contributed by atoms with Gasteiger partial charge in [-0.05, 0) is 58.6 Å². The first-order valence-corrected chi connectivity index (χ1v) is 15.4. The van der Waals surface area contributed by atoms with Gasteiger partial charge in [0.1, 0.15) is 17.1 Å². The summed E-state index contributed by atoms with van der Waals surface area (Å²) in [5, 5.41) is 0. The van der Waals surface area contributed by atoms with Crippen molar-refractivity contribution in [2.75, 3.05) is 31.1 Å². The van der Waals surface area contributed by atoms with Gasteiger partial charge in [0, 0.05) is 62.3 Å². The first-order chi connectivity index (χ1) is 20.9. The third-order valence-electron chi connectivity index (χ3n) is 8.26. The number of nitrogens with zero attached hydrogens (tertiary/aromatic N) is 6. The number of pyridine rings is 1. The zero-order valence-corrected chi connectivity index (χ0v) is 26.8. The molecule has 1 amide bonds. The number of halogens is 1. The highest BCUT2D eigenvalue weighted by molar-refractivity contribution is 6.03. The molecule has 3 aliphatic rings. The maximum atomic E-state index is 15.7. The monoisotopic (exact) mass is 602 g/mol. The van der Waals surface area contributed by atoms with E-state index in [0.717, 1.165) is 17.8 Å². The molecule has 0 unspecified atom stereocenters. The number of hydrogen-bond acceptors (Lipinski definition) is 8. The molecule has 9 nitrogen and oxygen atoms in total. The topological polar surface area (TPSA) is 81.6 Å². The summed E-state index contributed by atoms with van der Waals surface area (Å²) in [5.74, 6) is 2.18. The van der Waals surface area contributed by atoms with Crippen LogP contribution in [-0.2, 0) is 16.1 Å². The Kier molecular flexibility index (Phi) is 8.95. The lowest BCUT2D eigenvalue weighted by molar-refractivity contribution is 0.000405. The third kappa shape index (κ3) is 6.42. The SMILES string of the molecule is CC(C)c1nccc(F)c1N1C(=C=O)N=C(N2C[C@@H](C)N(C(=O)OC(C)(C)C)C[C@@H]2C)C2=C1CN(Cc1ccccc1)CC2. The van der Waals surface area contributed by atoms with Crippen LogP contribution in [0.1, 0.15) is 72.1 Å². The standard InChI is InChI=1S/C34H43FN6O3/c1-22(2)30-31(27(35)13-15-36-30)41-28-20-38(19-25-11-9-8-10-12-25)16-14-26(28)32(37-29(41)21-42)39-17-24(4)40(18-23(39)3)33(43)44-34(5,6)7/h8-13,15,22-24H,14,16-20H2,1-7H3/t23-,24+/m0/s1. The number of benzene rings is 1. The van der Waals surface area contributed by atoms with Crippen molar-refractivity contribution >= 4 is 23.6 Å². The van der Waals surface area contributed by atoms with Gasteiger partial charge in [0.25, 0.3) is 0 Å². The average molecular weight is 603 g/mol. The normalized spacial score (nSPS) is 21.3. The van der Waals surface area contributed by atoms with E-state index in [1.165, 1.54) is 17.8 Å². The number of amides is 1. The zero-order chi connectivity index (χ0) is 31.8. The van der Waals surface area contributed by atoms with Crippen molar-refractivity contribution in [3.8, 4) is 0 Å². The molecule has 3 aliphatic heterocycles. The summed E-state index contributed by atoms with van der Waals surface area (Å²) in [7, 11) is 0. The number of aliphatic imine (C=N–C) groups is 1. The average Bonchev–Trinajstić information content (AvgIpc) is 2.97. The van der Waals surface area contributed by atoms with E-state index >= 15 is 4.39 Å². The van der Waals surface area contributed by atoms with Crippen LogP contribution < -0.4 is 4.90 Å². The molecule has 1 aromatic heterocycles. The summed E-state index contributed by atoms with van der Waals surface area (Å²) in [6.07, 6.45) is 1.78. The zero-order valence-electron chi connectivity index (χ0n) is 26.8. The van der Waals surface area contributed by atoms with Crippen LogP contribution in [0.15, 0.2) is 64.7 Å². The third-order valence-corrected chi connectivity index (χ3v) is 8.26. The van der Waals surface area contributed by atoms with Gasteiger partial charge in [-0.25, -0.2) is 19.0 Å². The highest BCUT2D eigenvalue weighted by Crippen LogP contribution is 2.40. The van der Waals surface area contributed by atoms with Gasteiger partial charge >= 0.3 is 6.09 Å². The number of anilines is 1. The van der Waals surface area contributed by atoms with Crippen LogP contribution in [0.3, 0.4) is 0 Å². The van der Waals surface area contributed by atoms with Gasteiger partial charge in [0.2, 0.25) is 5.82 Å². The molecule has 0 radical (unpaired) electrons. The molecule has 0 spiro atoms. The van der Waals surface area contributed by atoms with Gasteiger partial charge in [0.15, 0.2) is 11.8 Å². The fourth-order valence-electron chi connectivity index (χ4n) is 6.20. The summed E-state index contributed by atoms with van der Waals surface area (Å²) in [5.41, 5.74) is 3.15. The number of aromatic nitrogens is 1. The first-order valence-electron chi connectivity index (χ1n) is 15.4. The van der Waals surface area contributed by atoms with Crippen molar-refractivity contribution in [1.29, 1.82) is 0 Å². The predicted octanol–water partition coefficient (Wildman–Crippen LogP) is 5.73. The smallest absolute Gasteiger partial charge is 0.410 e. The molecule has 44 heavy (non-hydrogen) atoms. The van der Waals surface area contributed by atoms with Crippen LogP contribution >= 0.6 is 0 Å². The summed E-state index contributed by atoms with van der Waals surface area (Å²) in [6.45, 7) is 16.5. The Hall–Kier alpha value is -4.01. The first kappa shape index (κ1) is 31.4. The highest BCUT2D eigenvalue weighted by atomic mass is 19.1. The molecule has 0 aliphatic carbocycles. The fourth-order valence-corrected chi connectivity index (χ4v) is 6.20. The second-order valence-corrected chi connectivity index (χ2v) is 13.2. The number of ether oxygens (including phenoxy) is 1. The lowest BCUT2D eigenvalue weighted by atomic mass is 9.96. The molecule has 0 bridgehead atoms. The van der Waals surface area contributed by atoms with E-state index in [-0.39, 0.29) is 35.6 Å². The Balaban J connectivity index is 1.55. The Labute approximate surface area is 259 Å². The Morgan fingerprint density at radius 1 is 1.11 bits per heavy atom. The number of amidine groups is 1. The molecule has 1 aromatic carbocycles. The Bertz CT molecular complexity index is 1510. The Morgan fingerprint density at radius 3 is 2.50 bits per heavy atom. The van der Waals surface area contributed by atoms with E-state index in [2.05, 4.69) is 26.9 Å². The van der Waals surface area contributed by atoms with Crippen molar-refractivity contribution in [3.63, 3.8) is 0 Å². The number of hydrogen-bond donors (Lipinski definition) is 0. The quantitative estimate of drug-likeness (QED) is 0.414. The Morgan fingerprint density at radius 2 is 1.84 bits per heavy atom. The van der Waals surface area contributed by atoms with Gasteiger partial charge in [-0.3, -0.25) is 14.8 Å². The van der Waals surface area contributed by atoms with Crippen LogP contribution in [0.5, 0.6) is 0 Å². The van der Waals surface area contributed by atoms with E-state index < -0.39 is 11.4 Å². The molecule has 4 heterocycles. The summed E-state index contributed by atoms with van der Waals surface area (Å²) in [6, 6.07) is 11.3. The summed E-state index contributed by atoms with van der Waals surface area (Å²) >= 11 is 0. The number of carbonyl (C=O) groups excluding carboxylic acids is 2. The van der Waals surface area contributed by atoms with Crippen LogP contribution in [0.25, 0.3) is 0 Å². The largest absolute Gasteiger partial charge is 0.444 e. The molecular formula is C34H43FN6O3. The molecule has 2 aromatic rings. The molecule has 2 atom stereocenters. The molecule has 1 saturated heterocycles. The lowest BCUT2D eigenvalue weighted by Gasteiger charge is -2.48. The molecule has 0 N–H and O–H groups in total. The highest BCUT2D eigenvalue weighted by Gasteiger charge is 2.41. The number of rotatable bonds is 4. The van der Waals surface area contributed by atoms with Crippen molar-refractivity contribution in [3.05, 3.63) is 76.8 Å². The lowest BCUT2D eigenvalue weighted by Crippen LogP contribution is -2.61. The van der Waals surface area contributed by atoms with Crippen LogP contribution in [-0.4, -0.2) is 81.4 Å². The van der Waals surface area contributed by atoms with E-state index in [1.54, 1.807) is 9.80 Å². The second-order valence-electron chi connectivity index (χ2n) is 13.2. The van der Waals surface area contributed by atoms with Crippen LogP contribution in [0, 0.1) is 5.82 Å². The summed E-state index contributed by atoms with van der Waals surface area (Å²) in [4.78, 5) is 43.0. The summed E-state index contributed by atoms with van der Waals surface area (Å²) < 4.78 is 21.4. The van der Waals surface area contributed by atoms with E-state index in [0.29, 0.717) is 44.1 Å². The molecule has 1 fully saturated rings. The van der Waals surface area contributed by atoms with E-state index in [9.17, 15) is 9.59 Å². The van der Waals surface area contributed by atoms with Gasteiger partial charge in [-0.1, -0.05) is 44.2 Å². The van der Waals surface area contributed by atoms with Crippen molar-refractivity contribution in [2.45, 2.75) is 85.0 Å². The second kappa shape index (κ2) is 12.5. The van der Waals surface area contributed by atoms with Crippen LogP contribution in [0.2, 0.25) is 0 Å².